The number of nitrogens with one attached hydrogen (secondary N) is 1. The molecule has 0 atom stereocenters. The highest BCUT2D eigenvalue weighted by atomic mass is 16.5. The molecule has 0 spiro atoms. The lowest BCUT2D eigenvalue weighted by Gasteiger charge is -2.19. The van der Waals surface area contributed by atoms with E-state index in [1.54, 1.807) is 17.9 Å². The Kier molecular flexibility index (Phi) is 7.03. The largest absolute Gasteiger partial charge is 0.497 e. The van der Waals surface area contributed by atoms with Crippen LogP contribution in [-0.4, -0.2) is 22.6 Å². The van der Waals surface area contributed by atoms with E-state index in [1.165, 1.54) is 6.07 Å². The molecule has 34 heavy (non-hydrogen) atoms. The molecule has 7 nitrogen and oxygen atoms in total. The van der Waals surface area contributed by atoms with E-state index in [4.69, 9.17) is 10.5 Å². The van der Waals surface area contributed by atoms with Crippen molar-refractivity contribution in [1.29, 1.82) is 0 Å². The summed E-state index contributed by atoms with van der Waals surface area (Å²) in [6.07, 6.45) is 1.99. The number of hydrogen-bond acceptors (Lipinski definition) is 5. The van der Waals surface area contributed by atoms with Gasteiger partial charge in [-0.15, -0.1) is 0 Å². The monoisotopic (exact) mass is 454 g/mol. The molecular weight excluding hydrogens is 428 g/mol. The number of rotatable bonds is 8. The van der Waals surface area contributed by atoms with Crippen LogP contribution in [0.3, 0.4) is 0 Å². The van der Waals surface area contributed by atoms with Gasteiger partial charge in [-0.2, -0.15) is 0 Å². The first-order valence-corrected chi connectivity index (χ1v) is 10.9. The maximum atomic E-state index is 13.3. The number of carbonyl (C=O) groups excluding carboxylic acids is 1. The van der Waals surface area contributed by atoms with Crippen molar-refractivity contribution in [3.63, 3.8) is 0 Å². The molecule has 2 aromatic carbocycles. The van der Waals surface area contributed by atoms with Gasteiger partial charge in [0, 0.05) is 30.9 Å². The van der Waals surface area contributed by atoms with E-state index in [0.29, 0.717) is 30.1 Å². The summed E-state index contributed by atoms with van der Waals surface area (Å²) in [5.74, 6) is 0.351. The molecule has 2 heterocycles. The summed E-state index contributed by atoms with van der Waals surface area (Å²) >= 11 is 0. The van der Waals surface area contributed by atoms with Crippen molar-refractivity contribution >= 4 is 11.6 Å². The van der Waals surface area contributed by atoms with Gasteiger partial charge in [0.15, 0.2) is 0 Å². The Morgan fingerprint density at radius 2 is 1.76 bits per heavy atom. The van der Waals surface area contributed by atoms with E-state index in [9.17, 15) is 9.59 Å². The van der Waals surface area contributed by atoms with Gasteiger partial charge in [-0.25, -0.2) is 0 Å². The number of amides is 1. The summed E-state index contributed by atoms with van der Waals surface area (Å²) in [5.41, 5.74) is 9.47. The predicted octanol–water partition coefficient (Wildman–Crippen LogP) is 3.40. The molecule has 0 unspecified atom stereocenters. The zero-order chi connectivity index (χ0) is 23.9. The predicted molar refractivity (Wildman–Crippen MR) is 132 cm³/mol. The number of benzene rings is 2. The highest BCUT2D eigenvalue weighted by molar-refractivity contribution is 6.00. The Hall–Kier alpha value is -4.39. The maximum absolute atomic E-state index is 13.3. The fourth-order valence-electron chi connectivity index (χ4n) is 3.83. The van der Waals surface area contributed by atoms with Crippen LogP contribution in [0.25, 0.3) is 0 Å². The second-order valence-electron chi connectivity index (χ2n) is 7.86. The van der Waals surface area contributed by atoms with Crippen molar-refractivity contribution in [3.8, 4) is 5.75 Å². The first kappa shape index (κ1) is 22.8. The van der Waals surface area contributed by atoms with Crippen molar-refractivity contribution in [2.45, 2.75) is 19.5 Å². The standard InChI is InChI=1S/C27H26N4O3/c1-34-22-12-7-10-20(14-22)15-24-26(27(33)30-17-19-8-3-2-4-9-19)23(28)16-25(32)31(24)18-21-11-5-6-13-29-21/h2-14,16H,15,17-18,28H2,1H3,(H,30,33). The fraction of sp³-hybridized carbons (Fsp3) is 0.148. The van der Waals surface area contributed by atoms with E-state index in [1.807, 2.05) is 72.8 Å². The normalized spacial score (nSPS) is 10.6. The Morgan fingerprint density at radius 1 is 1.00 bits per heavy atom. The fourth-order valence-corrected chi connectivity index (χ4v) is 3.83. The molecule has 3 N–H and O–H groups in total. The molecule has 4 rings (SSSR count). The van der Waals surface area contributed by atoms with E-state index >= 15 is 0 Å². The molecule has 172 valence electrons. The smallest absolute Gasteiger partial charge is 0.255 e. The topological polar surface area (TPSA) is 99.2 Å². The summed E-state index contributed by atoms with van der Waals surface area (Å²) in [5, 5.41) is 2.94. The van der Waals surface area contributed by atoms with Crippen molar-refractivity contribution in [3.05, 3.63) is 123 Å². The molecule has 2 aromatic heterocycles. The molecule has 0 aliphatic rings. The highest BCUT2D eigenvalue weighted by Gasteiger charge is 2.21. The Bertz CT molecular complexity index is 1340. The number of hydrogen-bond donors (Lipinski definition) is 2. The third-order valence-corrected chi connectivity index (χ3v) is 5.52. The van der Waals surface area contributed by atoms with Crippen LogP contribution < -0.4 is 21.3 Å². The maximum Gasteiger partial charge on any atom is 0.255 e. The van der Waals surface area contributed by atoms with Crippen LogP contribution >= 0.6 is 0 Å². The number of anilines is 1. The summed E-state index contributed by atoms with van der Waals surface area (Å²) in [6, 6.07) is 24.0. The molecule has 7 heteroatoms. The molecule has 0 aliphatic heterocycles. The number of aromatic nitrogens is 2. The third kappa shape index (κ3) is 5.32. The van der Waals surface area contributed by atoms with Gasteiger partial charge in [0.2, 0.25) is 0 Å². The number of nitrogens with two attached hydrogens (primary N) is 1. The first-order chi connectivity index (χ1) is 16.5. The van der Waals surface area contributed by atoms with E-state index in [-0.39, 0.29) is 29.3 Å². The number of nitrogen functional groups attached to an aromatic ring is 1. The molecule has 0 bridgehead atoms. The van der Waals surface area contributed by atoms with Gasteiger partial charge in [0.05, 0.1) is 30.6 Å². The second-order valence-corrected chi connectivity index (χ2v) is 7.86. The zero-order valence-corrected chi connectivity index (χ0v) is 18.9. The Labute approximate surface area is 197 Å². The van der Waals surface area contributed by atoms with Gasteiger partial charge in [-0.3, -0.25) is 14.6 Å². The van der Waals surface area contributed by atoms with Crippen LogP contribution in [0.1, 0.15) is 32.9 Å². The zero-order valence-electron chi connectivity index (χ0n) is 18.9. The lowest BCUT2D eigenvalue weighted by Crippen LogP contribution is -2.32. The minimum absolute atomic E-state index is 0.144. The van der Waals surface area contributed by atoms with Crippen molar-refractivity contribution in [2.75, 3.05) is 12.8 Å². The van der Waals surface area contributed by atoms with Crippen molar-refractivity contribution in [1.82, 2.24) is 14.9 Å². The average molecular weight is 455 g/mol. The number of ether oxygens (including phenoxy) is 1. The van der Waals surface area contributed by atoms with Crippen LogP contribution in [0, 0.1) is 0 Å². The van der Waals surface area contributed by atoms with Crippen molar-refractivity contribution in [2.24, 2.45) is 0 Å². The molecule has 0 radical (unpaired) electrons. The van der Waals surface area contributed by atoms with Crippen LogP contribution in [0.2, 0.25) is 0 Å². The van der Waals surface area contributed by atoms with Gasteiger partial charge in [-0.1, -0.05) is 48.5 Å². The molecule has 0 saturated carbocycles. The number of methoxy groups -OCH3 is 1. The Morgan fingerprint density at radius 3 is 2.50 bits per heavy atom. The highest BCUT2D eigenvalue weighted by Crippen LogP contribution is 2.22. The van der Waals surface area contributed by atoms with E-state index < -0.39 is 0 Å². The third-order valence-electron chi connectivity index (χ3n) is 5.52. The van der Waals surface area contributed by atoms with Gasteiger partial charge in [0.25, 0.3) is 11.5 Å². The Balaban J connectivity index is 1.77. The van der Waals surface area contributed by atoms with Gasteiger partial charge >= 0.3 is 0 Å². The molecule has 1 amide bonds. The number of pyridine rings is 2. The summed E-state index contributed by atoms with van der Waals surface area (Å²) in [4.78, 5) is 30.7. The van der Waals surface area contributed by atoms with E-state index in [2.05, 4.69) is 10.3 Å². The van der Waals surface area contributed by atoms with E-state index in [0.717, 1.165) is 11.1 Å². The minimum atomic E-state index is -0.339. The SMILES string of the molecule is COc1cccc(Cc2c(C(=O)NCc3ccccc3)c(N)cc(=O)n2Cc2ccccn2)c1. The first-order valence-electron chi connectivity index (χ1n) is 10.9. The average Bonchev–Trinajstić information content (AvgIpc) is 2.86. The van der Waals surface area contributed by atoms with Crippen LogP contribution in [-0.2, 0) is 19.5 Å². The molecule has 0 fully saturated rings. The second kappa shape index (κ2) is 10.5. The minimum Gasteiger partial charge on any atom is -0.497 e. The number of carbonyl (C=O) groups is 1. The quantitative estimate of drug-likeness (QED) is 0.425. The van der Waals surface area contributed by atoms with Gasteiger partial charge in [0.1, 0.15) is 5.75 Å². The molecule has 4 aromatic rings. The lowest BCUT2D eigenvalue weighted by atomic mass is 10.0. The summed E-state index contributed by atoms with van der Waals surface area (Å²) in [7, 11) is 1.60. The van der Waals surface area contributed by atoms with Crippen molar-refractivity contribution < 1.29 is 9.53 Å². The van der Waals surface area contributed by atoms with Crippen LogP contribution in [0.15, 0.2) is 89.9 Å². The number of nitrogens with zero attached hydrogens (tertiary/aromatic N) is 2. The van der Waals surface area contributed by atoms with Crippen LogP contribution in [0.4, 0.5) is 5.69 Å². The molecular formula is C27H26N4O3. The van der Waals surface area contributed by atoms with Gasteiger partial charge < -0.3 is 20.4 Å². The summed E-state index contributed by atoms with van der Waals surface area (Å²) < 4.78 is 6.91. The van der Waals surface area contributed by atoms with Gasteiger partial charge in [-0.05, 0) is 35.4 Å². The van der Waals surface area contributed by atoms with Crippen LogP contribution in [0.5, 0.6) is 5.75 Å². The lowest BCUT2D eigenvalue weighted by molar-refractivity contribution is 0.0950. The molecule has 0 aliphatic carbocycles. The molecule has 0 saturated heterocycles. The summed E-state index contributed by atoms with van der Waals surface area (Å²) in [6.45, 7) is 0.565.